The molecule has 7 heteroatoms. The highest BCUT2D eigenvalue weighted by Crippen LogP contribution is 2.24. The molecule has 1 aliphatic rings. The molecule has 0 radical (unpaired) electrons. The van der Waals surface area contributed by atoms with E-state index < -0.39 is 17.3 Å². The predicted octanol–water partition coefficient (Wildman–Crippen LogP) is 4.40. The first kappa shape index (κ1) is 21.9. The lowest BCUT2D eigenvalue weighted by atomic mass is 10.1. The predicted molar refractivity (Wildman–Crippen MR) is 111 cm³/mol. The summed E-state index contributed by atoms with van der Waals surface area (Å²) in [5, 5.41) is 2.80. The van der Waals surface area contributed by atoms with Gasteiger partial charge in [0.1, 0.15) is 11.2 Å². The van der Waals surface area contributed by atoms with Gasteiger partial charge in [0, 0.05) is 37.6 Å². The van der Waals surface area contributed by atoms with Crippen molar-refractivity contribution in [1.29, 1.82) is 0 Å². The fourth-order valence-electron chi connectivity index (χ4n) is 2.91. The van der Waals surface area contributed by atoms with E-state index in [1.807, 2.05) is 60.6 Å². The van der Waals surface area contributed by atoms with Crippen LogP contribution in [0, 0.1) is 6.92 Å². The number of nitrogens with one attached hydrogen (secondary N) is 1. The van der Waals surface area contributed by atoms with Gasteiger partial charge in [-0.25, -0.2) is 9.59 Å². The highest BCUT2D eigenvalue weighted by atomic mass is 16.6. The van der Waals surface area contributed by atoms with E-state index in [-0.39, 0.29) is 6.09 Å². The minimum atomic E-state index is -0.547. The van der Waals surface area contributed by atoms with Gasteiger partial charge in [0.05, 0.1) is 0 Å². The van der Waals surface area contributed by atoms with E-state index in [1.54, 1.807) is 4.90 Å². The van der Waals surface area contributed by atoms with Crippen molar-refractivity contribution >= 4 is 23.6 Å². The van der Waals surface area contributed by atoms with E-state index in [0.29, 0.717) is 31.9 Å². The molecular formula is C21H33N3O4. The third-order valence-electron chi connectivity index (χ3n) is 4.00. The number of piperazine rings is 1. The van der Waals surface area contributed by atoms with Crippen LogP contribution in [0.25, 0.3) is 0 Å². The molecule has 1 aliphatic heterocycles. The molecule has 0 bridgehead atoms. The van der Waals surface area contributed by atoms with Gasteiger partial charge in [-0.1, -0.05) is 0 Å². The molecule has 1 fully saturated rings. The van der Waals surface area contributed by atoms with Gasteiger partial charge >= 0.3 is 12.2 Å². The molecule has 0 spiro atoms. The summed E-state index contributed by atoms with van der Waals surface area (Å²) in [6.07, 6.45) is -0.748. The number of nitrogens with zero attached hydrogens (tertiary/aromatic N) is 2. The SMILES string of the molecule is Cc1cc(NC(=O)OC(C)(C)C)cc(N2CCN(C(=O)OC(C)(C)C)CC2)c1. The molecule has 2 amide bonds. The molecule has 1 N–H and O–H groups in total. The molecule has 28 heavy (non-hydrogen) atoms. The first-order chi connectivity index (χ1) is 12.8. The van der Waals surface area contributed by atoms with E-state index in [9.17, 15) is 9.59 Å². The van der Waals surface area contributed by atoms with E-state index >= 15 is 0 Å². The van der Waals surface area contributed by atoms with E-state index in [2.05, 4.69) is 16.3 Å². The Hall–Kier alpha value is -2.44. The number of aryl methyl sites for hydroxylation is 1. The number of anilines is 2. The van der Waals surface area contributed by atoms with Gasteiger partial charge in [0.2, 0.25) is 0 Å². The molecular weight excluding hydrogens is 358 g/mol. The second-order valence-electron chi connectivity index (χ2n) is 9.14. The first-order valence-corrected chi connectivity index (χ1v) is 9.67. The number of amides is 2. The molecule has 1 saturated heterocycles. The highest BCUT2D eigenvalue weighted by molar-refractivity contribution is 5.86. The van der Waals surface area contributed by atoms with Crippen molar-refractivity contribution in [2.24, 2.45) is 0 Å². The number of hydrogen-bond acceptors (Lipinski definition) is 5. The zero-order valence-corrected chi connectivity index (χ0v) is 18.1. The maximum Gasteiger partial charge on any atom is 0.412 e. The molecule has 1 aromatic rings. The number of hydrogen-bond donors (Lipinski definition) is 1. The fourth-order valence-corrected chi connectivity index (χ4v) is 2.91. The zero-order valence-electron chi connectivity index (χ0n) is 18.1. The zero-order chi connectivity index (χ0) is 21.1. The standard InChI is InChI=1S/C21H33N3O4/c1-15-12-16(22-18(25)27-20(2,3)4)14-17(13-15)23-8-10-24(11-9-23)19(26)28-21(5,6)7/h12-14H,8-11H2,1-7H3,(H,22,25). The van der Waals surface area contributed by atoms with Crippen molar-refractivity contribution in [3.05, 3.63) is 23.8 Å². The average Bonchev–Trinajstić information content (AvgIpc) is 2.51. The Morgan fingerprint density at radius 2 is 1.46 bits per heavy atom. The van der Waals surface area contributed by atoms with Crippen LogP contribution >= 0.6 is 0 Å². The van der Waals surface area contributed by atoms with Crippen molar-refractivity contribution < 1.29 is 19.1 Å². The normalized spacial score (nSPS) is 15.2. The minimum Gasteiger partial charge on any atom is -0.444 e. The molecule has 0 aromatic heterocycles. The van der Waals surface area contributed by atoms with Crippen LogP contribution in [0.2, 0.25) is 0 Å². The molecule has 0 saturated carbocycles. The van der Waals surface area contributed by atoms with E-state index in [0.717, 1.165) is 11.3 Å². The molecule has 1 aromatic carbocycles. The van der Waals surface area contributed by atoms with Gasteiger partial charge in [-0.05, 0) is 72.2 Å². The van der Waals surface area contributed by atoms with Crippen molar-refractivity contribution in [3.8, 4) is 0 Å². The second-order valence-corrected chi connectivity index (χ2v) is 9.14. The summed E-state index contributed by atoms with van der Waals surface area (Å²) in [5.74, 6) is 0. The van der Waals surface area contributed by atoms with E-state index in [4.69, 9.17) is 9.47 Å². The largest absolute Gasteiger partial charge is 0.444 e. The van der Waals surface area contributed by atoms with Crippen LogP contribution in [0.4, 0.5) is 21.0 Å². The van der Waals surface area contributed by atoms with Gasteiger partial charge in [0.25, 0.3) is 0 Å². The monoisotopic (exact) mass is 391 g/mol. The van der Waals surface area contributed by atoms with Gasteiger partial charge in [-0.15, -0.1) is 0 Å². The fraction of sp³-hybridized carbons (Fsp3) is 0.619. The molecule has 1 heterocycles. The molecule has 0 aliphatic carbocycles. The smallest absolute Gasteiger partial charge is 0.412 e. The minimum absolute atomic E-state index is 0.274. The van der Waals surface area contributed by atoms with Crippen molar-refractivity contribution in [1.82, 2.24) is 4.90 Å². The van der Waals surface area contributed by atoms with Crippen molar-refractivity contribution in [2.75, 3.05) is 36.4 Å². The van der Waals surface area contributed by atoms with Gasteiger partial charge in [-0.3, -0.25) is 5.32 Å². The molecule has 7 nitrogen and oxygen atoms in total. The summed E-state index contributed by atoms with van der Waals surface area (Å²) < 4.78 is 10.8. The van der Waals surface area contributed by atoms with Crippen molar-refractivity contribution in [3.63, 3.8) is 0 Å². The summed E-state index contributed by atoms with van der Waals surface area (Å²) in [5.41, 5.74) is 1.70. The summed E-state index contributed by atoms with van der Waals surface area (Å²) in [4.78, 5) is 28.2. The van der Waals surface area contributed by atoms with Gasteiger partial charge in [0.15, 0.2) is 0 Å². The topological polar surface area (TPSA) is 71.1 Å². The maximum atomic E-state index is 12.2. The second kappa shape index (κ2) is 8.29. The van der Waals surface area contributed by atoms with Crippen LogP contribution in [0.5, 0.6) is 0 Å². The van der Waals surface area contributed by atoms with E-state index in [1.165, 1.54) is 0 Å². The van der Waals surface area contributed by atoms with Crippen LogP contribution < -0.4 is 10.2 Å². The summed E-state index contributed by atoms with van der Waals surface area (Å²) >= 11 is 0. The number of carbonyl (C=O) groups excluding carboxylic acids is 2. The summed E-state index contributed by atoms with van der Waals surface area (Å²) in [6, 6.07) is 5.91. The van der Waals surface area contributed by atoms with Crippen LogP contribution in [0.15, 0.2) is 18.2 Å². The Kier molecular flexibility index (Phi) is 6.47. The Bertz CT molecular complexity index is 711. The third-order valence-corrected chi connectivity index (χ3v) is 4.00. The Balaban J connectivity index is 2.00. The number of carbonyl (C=O) groups is 2. The molecule has 0 atom stereocenters. The van der Waals surface area contributed by atoms with Crippen LogP contribution in [0.3, 0.4) is 0 Å². The van der Waals surface area contributed by atoms with Crippen molar-refractivity contribution in [2.45, 2.75) is 59.7 Å². The number of rotatable bonds is 2. The Labute approximate surface area is 168 Å². The highest BCUT2D eigenvalue weighted by Gasteiger charge is 2.26. The van der Waals surface area contributed by atoms with Gasteiger partial charge in [-0.2, -0.15) is 0 Å². The third kappa shape index (κ3) is 6.94. The lowest BCUT2D eigenvalue weighted by Gasteiger charge is -2.37. The molecule has 156 valence electrons. The maximum absolute atomic E-state index is 12.2. The van der Waals surface area contributed by atoms with Gasteiger partial charge < -0.3 is 19.3 Å². The Morgan fingerprint density at radius 3 is 2.00 bits per heavy atom. The summed E-state index contributed by atoms with van der Waals surface area (Å²) in [7, 11) is 0. The van der Waals surface area contributed by atoms with Crippen LogP contribution in [0.1, 0.15) is 47.1 Å². The summed E-state index contributed by atoms with van der Waals surface area (Å²) in [6.45, 7) is 15.7. The average molecular weight is 392 g/mol. The lowest BCUT2D eigenvalue weighted by Crippen LogP contribution is -2.50. The molecule has 2 rings (SSSR count). The van der Waals surface area contributed by atoms with Crippen LogP contribution in [-0.4, -0.2) is 54.5 Å². The number of ether oxygens (including phenoxy) is 2. The van der Waals surface area contributed by atoms with Crippen LogP contribution in [-0.2, 0) is 9.47 Å². The molecule has 0 unspecified atom stereocenters. The first-order valence-electron chi connectivity index (χ1n) is 9.67. The Morgan fingerprint density at radius 1 is 0.893 bits per heavy atom. The quantitative estimate of drug-likeness (QED) is 0.809. The number of benzene rings is 1. The lowest BCUT2D eigenvalue weighted by molar-refractivity contribution is 0.0240.